The number of hydrogen-bond donors (Lipinski definition) is 0. The van der Waals surface area contributed by atoms with Crippen LogP contribution in [0.4, 0.5) is 0 Å². The lowest BCUT2D eigenvalue weighted by Crippen LogP contribution is -1.93. The van der Waals surface area contributed by atoms with Crippen LogP contribution in [0.2, 0.25) is 0 Å². The molecule has 0 bridgehead atoms. The Morgan fingerprint density at radius 3 is 1.26 bits per heavy atom. The van der Waals surface area contributed by atoms with Gasteiger partial charge in [-0.1, -0.05) is 176 Å². The Kier molecular flexibility index (Phi) is 8.28. The lowest BCUT2D eigenvalue weighted by molar-refractivity contribution is 1.26. The van der Waals surface area contributed by atoms with Gasteiger partial charge in [-0.15, -0.1) is 0 Å². The van der Waals surface area contributed by atoms with Crippen molar-refractivity contribution in [3.63, 3.8) is 0 Å². The van der Waals surface area contributed by atoms with Gasteiger partial charge in [0.15, 0.2) is 0 Å². The fraction of sp³-hybridized carbons (Fsp3) is 0.0169. The summed E-state index contributed by atoms with van der Waals surface area (Å²) >= 11 is 0. The molecule has 0 aliphatic heterocycles. The molecule has 0 fully saturated rings. The Morgan fingerprint density at radius 1 is 0.279 bits per heavy atom. The standard InChI is InChI=1S/C59H38N2/c1-4-16-38(17-5-1)45-32-51(40-20-8-3-9-21-40)55-36-56-52(33-46(35-54(56)53(55)34-45)39-18-6-2-7-19-39)43-24-14-22-41(30-43)42-23-15-25-44(31-42)57-37-60-58-49-28-12-10-26-47(49)48-27-11-13-29-50(48)59(58)61-57/h1-35,37H,36H2. The molecule has 0 amide bonds. The molecular weight excluding hydrogens is 737 g/mol. The third kappa shape index (κ3) is 6.03. The van der Waals surface area contributed by atoms with Crippen LogP contribution < -0.4 is 0 Å². The first-order valence-electron chi connectivity index (χ1n) is 21.0. The molecule has 1 heterocycles. The molecule has 284 valence electrons. The van der Waals surface area contributed by atoms with E-state index in [1.807, 2.05) is 6.20 Å². The van der Waals surface area contributed by atoms with Gasteiger partial charge in [0.25, 0.3) is 0 Å². The van der Waals surface area contributed by atoms with Gasteiger partial charge in [-0.25, -0.2) is 4.98 Å². The summed E-state index contributed by atoms with van der Waals surface area (Å²) in [6.07, 6.45) is 2.79. The highest BCUT2D eigenvalue weighted by molar-refractivity contribution is 6.23. The van der Waals surface area contributed by atoms with Crippen molar-refractivity contribution in [1.29, 1.82) is 0 Å². The Balaban J connectivity index is 0.996. The van der Waals surface area contributed by atoms with Gasteiger partial charge in [-0.2, -0.15) is 0 Å². The topological polar surface area (TPSA) is 25.8 Å². The van der Waals surface area contributed by atoms with Crippen LogP contribution in [0, 0.1) is 0 Å². The van der Waals surface area contributed by atoms with Crippen LogP contribution in [-0.2, 0) is 6.42 Å². The van der Waals surface area contributed by atoms with E-state index in [9.17, 15) is 0 Å². The van der Waals surface area contributed by atoms with E-state index in [-0.39, 0.29) is 0 Å². The molecule has 1 aromatic heterocycles. The highest BCUT2D eigenvalue weighted by Gasteiger charge is 2.27. The van der Waals surface area contributed by atoms with E-state index < -0.39 is 0 Å². The zero-order valence-electron chi connectivity index (χ0n) is 33.4. The largest absolute Gasteiger partial charge is 0.252 e. The van der Waals surface area contributed by atoms with Crippen LogP contribution in [0.1, 0.15) is 11.1 Å². The fourth-order valence-electron chi connectivity index (χ4n) is 9.60. The van der Waals surface area contributed by atoms with E-state index in [1.54, 1.807) is 0 Å². The summed E-state index contributed by atoms with van der Waals surface area (Å²) in [6.45, 7) is 0. The van der Waals surface area contributed by atoms with Crippen LogP contribution in [0.5, 0.6) is 0 Å². The summed E-state index contributed by atoms with van der Waals surface area (Å²) in [7, 11) is 0. The second-order valence-corrected chi connectivity index (χ2v) is 16.1. The molecule has 1 aliphatic rings. The number of fused-ring (bicyclic) bond motifs is 9. The maximum Gasteiger partial charge on any atom is 0.0979 e. The van der Waals surface area contributed by atoms with Gasteiger partial charge in [0.2, 0.25) is 0 Å². The SMILES string of the molecule is c1ccc(-c2cc(-c3ccccc3)c3c(c2)-c2cc(-c4ccccc4)cc(-c4cccc(-c5cccc(-c6cnc7c8ccccc8c8ccccc8c7n6)c5)c4)c2C3)cc1. The Bertz CT molecular complexity index is 3450. The van der Waals surface area contributed by atoms with E-state index in [0.717, 1.165) is 50.6 Å². The lowest BCUT2D eigenvalue weighted by atomic mass is 9.89. The number of aromatic nitrogens is 2. The van der Waals surface area contributed by atoms with Crippen molar-refractivity contribution in [2.75, 3.05) is 0 Å². The summed E-state index contributed by atoms with van der Waals surface area (Å²) in [4.78, 5) is 10.4. The van der Waals surface area contributed by atoms with Crippen LogP contribution in [0.15, 0.2) is 219 Å². The number of nitrogens with zero attached hydrogens (tertiary/aromatic N) is 2. The highest BCUT2D eigenvalue weighted by atomic mass is 14.8. The first kappa shape index (κ1) is 35.0. The second-order valence-electron chi connectivity index (χ2n) is 16.1. The zero-order chi connectivity index (χ0) is 40.3. The van der Waals surface area contributed by atoms with Crippen molar-refractivity contribution in [1.82, 2.24) is 9.97 Å². The van der Waals surface area contributed by atoms with Crippen LogP contribution in [0.25, 0.3) is 111 Å². The van der Waals surface area contributed by atoms with E-state index in [2.05, 4.69) is 212 Å². The van der Waals surface area contributed by atoms with Crippen LogP contribution in [-0.4, -0.2) is 9.97 Å². The molecular formula is C59H38N2. The van der Waals surface area contributed by atoms with E-state index >= 15 is 0 Å². The first-order valence-corrected chi connectivity index (χ1v) is 21.0. The number of hydrogen-bond acceptors (Lipinski definition) is 2. The number of benzene rings is 10. The Labute approximate surface area is 355 Å². The molecule has 1 aliphatic carbocycles. The number of rotatable bonds is 6. The molecule has 0 unspecified atom stereocenters. The third-order valence-corrected chi connectivity index (χ3v) is 12.5. The normalized spacial score (nSPS) is 11.9. The van der Waals surface area contributed by atoms with Crippen molar-refractivity contribution in [2.45, 2.75) is 6.42 Å². The highest BCUT2D eigenvalue weighted by Crippen LogP contribution is 2.49. The van der Waals surface area contributed by atoms with Crippen molar-refractivity contribution in [3.8, 4) is 78.0 Å². The molecule has 2 nitrogen and oxygen atoms in total. The average molecular weight is 775 g/mol. The van der Waals surface area contributed by atoms with E-state index in [4.69, 9.17) is 9.97 Å². The summed E-state index contributed by atoms with van der Waals surface area (Å²) in [5, 5.41) is 4.64. The summed E-state index contributed by atoms with van der Waals surface area (Å²) in [5.41, 5.74) is 21.3. The van der Waals surface area contributed by atoms with Gasteiger partial charge in [0, 0.05) is 16.3 Å². The summed E-state index contributed by atoms with van der Waals surface area (Å²) < 4.78 is 0. The van der Waals surface area contributed by atoms with Crippen LogP contribution in [0.3, 0.4) is 0 Å². The average Bonchev–Trinajstić information content (AvgIpc) is 3.73. The fourth-order valence-corrected chi connectivity index (χ4v) is 9.60. The van der Waals surface area contributed by atoms with Crippen molar-refractivity contribution in [3.05, 3.63) is 230 Å². The van der Waals surface area contributed by atoms with Crippen LogP contribution >= 0.6 is 0 Å². The van der Waals surface area contributed by atoms with Gasteiger partial charge in [-0.3, -0.25) is 4.98 Å². The summed E-state index contributed by atoms with van der Waals surface area (Å²) in [6, 6.07) is 77.0. The molecule has 0 atom stereocenters. The minimum absolute atomic E-state index is 0.860. The Morgan fingerprint density at radius 2 is 0.689 bits per heavy atom. The maximum atomic E-state index is 5.31. The second kappa shape index (κ2) is 14.4. The van der Waals surface area contributed by atoms with Crippen molar-refractivity contribution >= 4 is 32.6 Å². The first-order chi connectivity index (χ1) is 30.2. The third-order valence-electron chi connectivity index (χ3n) is 12.5. The van der Waals surface area contributed by atoms with Gasteiger partial charge in [-0.05, 0) is 131 Å². The molecule has 0 saturated heterocycles. The van der Waals surface area contributed by atoms with E-state index in [0.29, 0.717) is 0 Å². The molecule has 0 spiro atoms. The minimum Gasteiger partial charge on any atom is -0.252 e. The molecule has 12 rings (SSSR count). The van der Waals surface area contributed by atoms with Gasteiger partial charge >= 0.3 is 0 Å². The predicted octanol–water partition coefficient (Wildman–Crippen LogP) is 15.5. The lowest BCUT2D eigenvalue weighted by Gasteiger charge is -2.15. The maximum absolute atomic E-state index is 5.31. The van der Waals surface area contributed by atoms with Gasteiger partial charge < -0.3 is 0 Å². The smallest absolute Gasteiger partial charge is 0.0979 e. The molecule has 0 N–H and O–H groups in total. The molecule has 10 aromatic carbocycles. The molecule has 2 heteroatoms. The van der Waals surface area contributed by atoms with E-state index in [1.165, 1.54) is 77.5 Å². The van der Waals surface area contributed by atoms with Gasteiger partial charge in [0.1, 0.15) is 0 Å². The molecule has 0 saturated carbocycles. The molecule has 11 aromatic rings. The minimum atomic E-state index is 0.860. The quantitative estimate of drug-likeness (QED) is 0.157. The molecule has 61 heavy (non-hydrogen) atoms. The van der Waals surface area contributed by atoms with Crippen molar-refractivity contribution in [2.24, 2.45) is 0 Å². The predicted molar refractivity (Wildman–Crippen MR) is 255 cm³/mol. The molecule has 0 radical (unpaired) electrons. The Hall–Kier alpha value is -7.94. The van der Waals surface area contributed by atoms with Gasteiger partial charge in [0.05, 0.1) is 22.9 Å². The van der Waals surface area contributed by atoms with Crippen molar-refractivity contribution < 1.29 is 0 Å². The summed E-state index contributed by atoms with van der Waals surface area (Å²) in [5.74, 6) is 0. The zero-order valence-corrected chi connectivity index (χ0v) is 33.4. The monoisotopic (exact) mass is 774 g/mol.